The molecular formula is C16H32OSi. The molecule has 0 fully saturated rings. The Kier molecular flexibility index (Phi) is 7.16. The Balaban J connectivity index is 4.63. The van der Waals surface area contributed by atoms with Crippen LogP contribution in [0.2, 0.25) is 18.1 Å². The van der Waals surface area contributed by atoms with Gasteiger partial charge in [0.15, 0.2) is 8.32 Å². The van der Waals surface area contributed by atoms with E-state index < -0.39 is 8.32 Å². The van der Waals surface area contributed by atoms with Crippen LogP contribution < -0.4 is 0 Å². The van der Waals surface area contributed by atoms with E-state index in [1.807, 2.05) is 6.08 Å². The van der Waals surface area contributed by atoms with E-state index in [1.54, 1.807) is 0 Å². The standard InChI is InChI=1S/C16H32OSi/c1-9-11-15(12-14(3)10-2)13-17-18(7,8)16(4,5)6/h9,12,14H,1,10-11,13H2,2-8H3/b15-12+/t14-/m0/s1. The zero-order valence-corrected chi connectivity index (χ0v) is 14.5. The lowest BCUT2D eigenvalue weighted by molar-refractivity contribution is 0.315. The molecule has 0 aliphatic carbocycles. The summed E-state index contributed by atoms with van der Waals surface area (Å²) in [5.41, 5.74) is 1.38. The van der Waals surface area contributed by atoms with Crippen molar-refractivity contribution in [1.82, 2.24) is 0 Å². The molecule has 0 unspecified atom stereocenters. The van der Waals surface area contributed by atoms with Gasteiger partial charge in [0, 0.05) is 0 Å². The van der Waals surface area contributed by atoms with Crippen molar-refractivity contribution in [3.8, 4) is 0 Å². The lowest BCUT2D eigenvalue weighted by Crippen LogP contribution is -2.41. The van der Waals surface area contributed by atoms with Crippen LogP contribution in [0, 0.1) is 5.92 Å². The van der Waals surface area contributed by atoms with Crippen LogP contribution in [0.1, 0.15) is 47.5 Å². The van der Waals surface area contributed by atoms with Crippen molar-refractivity contribution >= 4 is 8.32 Å². The van der Waals surface area contributed by atoms with E-state index in [1.165, 1.54) is 12.0 Å². The normalized spacial score (nSPS) is 15.6. The van der Waals surface area contributed by atoms with Crippen LogP contribution in [0.5, 0.6) is 0 Å². The van der Waals surface area contributed by atoms with Gasteiger partial charge in [-0.3, -0.25) is 0 Å². The fourth-order valence-corrected chi connectivity index (χ4v) is 2.35. The first-order valence-electron chi connectivity index (χ1n) is 7.08. The molecule has 0 amide bonds. The van der Waals surface area contributed by atoms with Gasteiger partial charge in [-0.2, -0.15) is 0 Å². The third-order valence-corrected chi connectivity index (χ3v) is 8.47. The fourth-order valence-electron chi connectivity index (χ4n) is 1.37. The molecule has 0 saturated heterocycles. The topological polar surface area (TPSA) is 9.23 Å². The zero-order valence-electron chi connectivity index (χ0n) is 13.5. The minimum Gasteiger partial charge on any atom is -0.413 e. The highest BCUT2D eigenvalue weighted by atomic mass is 28.4. The summed E-state index contributed by atoms with van der Waals surface area (Å²) >= 11 is 0. The van der Waals surface area contributed by atoms with E-state index >= 15 is 0 Å². The van der Waals surface area contributed by atoms with Gasteiger partial charge in [-0.25, -0.2) is 0 Å². The van der Waals surface area contributed by atoms with E-state index in [4.69, 9.17) is 4.43 Å². The summed E-state index contributed by atoms with van der Waals surface area (Å²) in [6, 6.07) is 0. The van der Waals surface area contributed by atoms with Gasteiger partial charge in [0.1, 0.15) is 0 Å². The predicted octanol–water partition coefficient (Wildman–Crippen LogP) is 5.56. The van der Waals surface area contributed by atoms with Crippen LogP contribution >= 0.6 is 0 Å². The molecule has 0 rings (SSSR count). The van der Waals surface area contributed by atoms with Crippen LogP contribution in [0.4, 0.5) is 0 Å². The predicted molar refractivity (Wildman–Crippen MR) is 85.5 cm³/mol. The Morgan fingerprint density at radius 3 is 2.28 bits per heavy atom. The van der Waals surface area contributed by atoms with Crippen molar-refractivity contribution in [3.63, 3.8) is 0 Å². The third-order valence-electron chi connectivity index (χ3n) is 4.00. The van der Waals surface area contributed by atoms with E-state index in [0.717, 1.165) is 13.0 Å². The summed E-state index contributed by atoms with van der Waals surface area (Å²) in [5, 5.41) is 0.280. The van der Waals surface area contributed by atoms with Gasteiger partial charge in [-0.1, -0.05) is 53.2 Å². The highest BCUT2D eigenvalue weighted by Crippen LogP contribution is 2.36. The van der Waals surface area contributed by atoms with Crippen molar-refractivity contribution in [3.05, 3.63) is 24.3 Å². The van der Waals surface area contributed by atoms with Crippen LogP contribution in [0.25, 0.3) is 0 Å². The molecule has 0 spiro atoms. The Morgan fingerprint density at radius 1 is 1.33 bits per heavy atom. The van der Waals surface area contributed by atoms with E-state index in [2.05, 4.69) is 60.4 Å². The molecule has 0 aliphatic heterocycles. The molecule has 0 aromatic carbocycles. The largest absolute Gasteiger partial charge is 0.413 e. The minimum atomic E-state index is -1.63. The summed E-state index contributed by atoms with van der Waals surface area (Å²) < 4.78 is 6.28. The Morgan fingerprint density at radius 2 is 1.89 bits per heavy atom. The van der Waals surface area contributed by atoms with Gasteiger partial charge in [-0.05, 0) is 36.0 Å². The second kappa shape index (κ2) is 7.30. The molecule has 0 aliphatic rings. The molecular weight excluding hydrogens is 236 g/mol. The van der Waals surface area contributed by atoms with Crippen LogP contribution in [-0.4, -0.2) is 14.9 Å². The van der Waals surface area contributed by atoms with Gasteiger partial charge in [-0.15, -0.1) is 6.58 Å². The van der Waals surface area contributed by atoms with Crippen molar-refractivity contribution in [2.24, 2.45) is 5.92 Å². The quantitative estimate of drug-likeness (QED) is 0.434. The smallest absolute Gasteiger partial charge is 0.192 e. The highest BCUT2D eigenvalue weighted by molar-refractivity contribution is 6.74. The molecule has 0 saturated carbocycles. The van der Waals surface area contributed by atoms with Crippen LogP contribution in [0.15, 0.2) is 24.3 Å². The molecule has 1 atom stereocenters. The van der Waals surface area contributed by atoms with Crippen molar-refractivity contribution in [2.45, 2.75) is 65.6 Å². The molecule has 1 nitrogen and oxygen atoms in total. The molecule has 0 radical (unpaired) electrons. The van der Waals surface area contributed by atoms with E-state index in [0.29, 0.717) is 5.92 Å². The molecule has 2 heteroatoms. The second-order valence-electron chi connectivity index (χ2n) is 6.75. The van der Waals surface area contributed by atoms with E-state index in [9.17, 15) is 0 Å². The minimum absolute atomic E-state index is 0.280. The van der Waals surface area contributed by atoms with Crippen LogP contribution in [0.3, 0.4) is 0 Å². The third kappa shape index (κ3) is 6.01. The summed E-state index contributed by atoms with van der Waals surface area (Å²) in [4.78, 5) is 0. The second-order valence-corrected chi connectivity index (χ2v) is 11.6. The first-order valence-corrected chi connectivity index (χ1v) is 9.99. The zero-order chi connectivity index (χ0) is 14.4. The first kappa shape index (κ1) is 17.7. The lowest BCUT2D eigenvalue weighted by atomic mass is 10.0. The van der Waals surface area contributed by atoms with Gasteiger partial charge >= 0.3 is 0 Å². The van der Waals surface area contributed by atoms with Gasteiger partial charge in [0.2, 0.25) is 0 Å². The number of rotatable bonds is 7. The Labute approximate surface area is 115 Å². The Hall–Kier alpha value is -0.343. The SMILES string of the molecule is C=CC/C(=C\[C@@H](C)CC)CO[Si](C)(C)C(C)(C)C. The maximum atomic E-state index is 6.28. The summed E-state index contributed by atoms with van der Waals surface area (Å²) in [6.07, 6.45) is 6.46. The van der Waals surface area contributed by atoms with E-state index in [-0.39, 0.29) is 5.04 Å². The van der Waals surface area contributed by atoms with Gasteiger partial charge < -0.3 is 4.43 Å². The molecule has 0 N–H and O–H groups in total. The first-order chi connectivity index (χ1) is 8.14. The summed E-state index contributed by atoms with van der Waals surface area (Å²) in [5.74, 6) is 0.628. The van der Waals surface area contributed by atoms with Crippen molar-refractivity contribution < 1.29 is 4.43 Å². The summed E-state index contributed by atoms with van der Waals surface area (Å²) in [6.45, 7) is 20.6. The number of hydrogen-bond acceptors (Lipinski definition) is 1. The average molecular weight is 269 g/mol. The number of allylic oxidation sites excluding steroid dienone is 2. The van der Waals surface area contributed by atoms with Crippen molar-refractivity contribution in [2.75, 3.05) is 6.61 Å². The van der Waals surface area contributed by atoms with Gasteiger partial charge in [0.05, 0.1) is 6.61 Å². The molecule has 18 heavy (non-hydrogen) atoms. The maximum absolute atomic E-state index is 6.28. The summed E-state index contributed by atoms with van der Waals surface area (Å²) in [7, 11) is -1.63. The highest BCUT2D eigenvalue weighted by Gasteiger charge is 2.37. The monoisotopic (exact) mass is 268 g/mol. The number of hydrogen-bond donors (Lipinski definition) is 0. The van der Waals surface area contributed by atoms with Gasteiger partial charge in [0.25, 0.3) is 0 Å². The molecule has 0 aromatic heterocycles. The Bertz CT molecular complexity index is 284. The molecule has 106 valence electrons. The maximum Gasteiger partial charge on any atom is 0.192 e. The lowest BCUT2D eigenvalue weighted by Gasteiger charge is -2.36. The molecule has 0 bridgehead atoms. The van der Waals surface area contributed by atoms with Crippen LogP contribution in [-0.2, 0) is 4.43 Å². The molecule has 0 aromatic rings. The fraction of sp³-hybridized carbons (Fsp3) is 0.750. The van der Waals surface area contributed by atoms with Crippen molar-refractivity contribution in [1.29, 1.82) is 0 Å². The average Bonchev–Trinajstić information content (AvgIpc) is 2.24. The molecule has 0 heterocycles.